The van der Waals surface area contributed by atoms with Crippen LogP contribution in [0.25, 0.3) is 0 Å². The summed E-state index contributed by atoms with van der Waals surface area (Å²) in [6.45, 7) is -0.635. The predicted octanol–water partition coefficient (Wildman–Crippen LogP) is 4.19. The number of benzene rings is 2. The number of carbonyl (C=O) groups is 4. The lowest BCUT2D eigenvalue weighted by Crippen LogP contribution is -2.52. The molecule has 3 amide bonds. The lowest BCUT2D eigenvalue weighted by Gasteiger charge is -2.37. The van der Waals surface area contributed by atoms with E-state index in [1.54, 1.807) is 0 Å². The summed E-state index contributed by atoms with van der Waals surface area (Å²) in [5.74, 6) is -2.99. The molecule has 2 bridgehead atoms. The largest absolute Gasteiger partial charge is 0.292 e. The van der Waals surface area contributed by atoms with Gasteiger partial charge in [-0.05, 0) is 60.4 Å². The highest BCUT2D eigenvalue weighted by Gasteiger charge is 2.68. The first kappa shape index (κ1) is 23.8. The molecule has 5 aliphatic rings. The van der Waals surface area contributed by atoms with Crippen LogP contribution in [0, 0.1) is 45.6 Å². The first-order chi connectivity index (χ1) is 17.7. The number of hydrogen-bond acceptors (Lipinski definition) is 6. The van der Waals surface area contributed by atoms with Crippen LogP contribution in [-0.4, -0.2) is 45.0 Å². The number of imide groups is 1. The molecule has 0 radical (unpaired) electrons. The highest BCUT2D eigenvalue weighted by atomic mass is 35.5. The summed E-state index contributed by atoms with van der Waals surface area (Å²) in [4.78, 5) is 64.8. The van der Waals surface area contributed by atoms with E-state index in [1.165, 1.54) is 30.3 Å². The van der Waals surface area contributed by atoms with E-state index >= 15 is 0 Å². The Hall–Kier alpha value is -3.56. The Balaban J connectivity index is 1.37. The minimum atomic E-state index is -0.806. The Labute approximate surface area is 220 Å². The zero-order valence-electron chi connectivity index (χ0n) is 19.1. The Bertz CT molecular complexity index is 1390. The second-order valence-electron chi connectivity index (χ2n) is 9.86. The molecule has 3 fully saturated rings. The molecule has 4 aliphatic carbocycles. The summed E-state index contributed by atoms with van der Waals surface area (Å²) in [7, 11) is 0. The molecule has 6 atom stereocenters. The molecule has 1 aliphatic heterocycles. The van der Waals surface area contributed by atoms with Crippen LogP contribution in [0.15, 0.2) is 54.6 Å². The highest BCUT2D eigenvalue weighted by Crippen LogP contribution is 2.65. The number of nitrogens with zero attached hydrogens (tertiary/aromatic N) is 3. The maximum Gasteiger partial charge on any atom is 0.273 e. The summed E-state index contributed by atoms with van der Waals surface area (Å²) in [5.41, 5.74) is -0.166. The number of non-ortho nitro benzene ring substituents is 1. The number of ketones is 1. The Morgan fingerprint density at radius 2 is 1.57 bits per heavy atom. The van der Waals surface area contributed by atoms with Gasteiger partial charge in [0.1, 0.15) is 6.54 Å². The molecule has 2 aromatic rings. The number of hydrazine groups is 1. The number of nitro benzene ring substituents is 1. The van der Waals surface area contributed by atoms with Crippen LogP contribution in [0.2, 0.25) is 10.0 Å². The van der Waals surface area contributed by atoms with Crippen molar-refractivity contribution < 1.29 is 24.1 Å². The number of Topliss-reactive ketones (excluding diaryl/α,β-unsaturated/α-hetero) is 1. The molecule has 1 heterocycles. The summed E-state index contributed by atoms with van der Waals surface area (Å²) >= 11 is 12.1. The molecule has 11 heteroatoms. The Morgan fingerprint density at radius 1 is 0.973 bits per heavy atom. The Morgan fingerprint density at radius 3 is 2.11 bits per heavy atom. The normalized spacial score (nSPS) is 28.6. The van der Waals surface area contributed by atoms with Gasteiger partial charge in [0, 0.05) is 28.3 Å². The van der Waals surface area contributed by atoms with E-state index in [9.17, 15) is 29.3 Å². The molecule has 9 nitrogen and oxygen atoms in total. The maximum absolute atomic E-state index is 13.7. The first-order valence-electron chi connectivity index (χ1n) is 11.8. The van der Waals surface area contributed by atoms with Gasteiger partial charge in [-0.3, -0.25) is 29.3 Å². The van der Waals surface area contributed by atoms with Gasteiger partial charge in [0.2, 0.25) is 0 Å². The van der Waals surface area contributed by atoms with E-state index in [0.717, 1.165) is 28.6 Å². The fourth-order valence-electron chi connectivity index (χ4n) is 6.22. The van der Waals surface area contributed by atoms with Crippen LogP contribution >= 0.6 is 23.2 Å². The van der Waals surface area contributed by atoms with Crippen molar-refractivity contribution in [3.05, 3.63) is 85.9 Å². The van der Waals surface area contributed by atoms with Gasteiger partial charge in [-0.15, -0.1) is 0 Å². The molecule has 0 N–H and O–H groups in total. The van der Waals surface area contributed by atoms with E-state index in [1.807, 2.05) is 12.2 Å². The molecule has 37 heavy (non-hydrogen) atoms. The third kappa shape index (κ3) is 3.67. The molecule has 0 unspecified atom stereocenters. The summed E-state index contributed by atoms with van der Waals surface area (Å²) in [5, 5.41) is 13.1. The van der Waals surface area contributed by atoms with Crippen molar-refractivity contribution in [2.75, 3.05) is 6.54 Å². The fourth-order valence-corrected chi connectivity index (χ4v) is 6.74. The van der Waals surface area contributed by atoms with Crippen molar-refractivity contribution in [1.82, 2.24) is 10.0 Å². The van der Waals surface area contributed by atoms with Crippen LogP contribution < -0.4 is 0 Å². The van der Waals surface area contributed by atoms with Gasteiger partial charge < -0.3 is 0 Å². The van der Waals surface area contributed by atoms with Crippen LogP contribution in [0.3, 0.4) is 0 Å². The van der Waals surface area contributed by atoms with Gasteiger partial charge in [0.15, 0.2) is 5.78 Å². The van der Waals surface area contributed by atoms with Crippen LogP contribution in [0.1, 0.15) is 27.1 Å². The molecular formula is C26H19Cl2N3O6. The van der Waals surface area contributed by atoms with Crippen molar-refractivity contribution >= 4 is 52.4 Å². The molecule has 0 aromatic heterocycles. The zero-order valence-corrected chi connectivity index (χ0v) is 20.6. The topological polar surface area (TPSA) is 118 Å². The lowest BCUT2D eigenvalue weighted by molar-refractivity contribution is -0.384. The van der Waals surface area contributed by atoms with E-state index in [4.69, 9.17) is 23.2 Å². The Kier molecular flexibility index (Phi) is 5.47. The molecule has 2 aromatic carbocycles. The van der Waals surface area contributed by atoms with E-state index in [0.29, 0.717) is 16.9 Å². The number of rotatable bonds is 6. The number of hydrogen-bond donors (Lipinski definition) is 0. The first-order valence-corrected chi connectivity index (χ1v) is 12.5. The van der Waals surface area contributed by atoms with Gasteiger partial charge in [-0.2, -0.15) is 5.01 Å². The smallest absolute Gasteiger partial charge is 0.273 e. The molecule has 2 saturated carbocycles. The van der Waals surface area contributed by atoms with E-state index in [2.05, 4.69) is 0 Å². The standard InChI is InChI=1S/C26H19Cl2N3O6/c27-13-3-6-17(20(28)9-13)21(32)11-29(24(33)12-1-4-14(5-2-12)31(36)37)30-25(34)22-15-7-8-16(19-10-18(15)19)23(22)26(30)35/h1-9,15-16,18-19,22-23H,10-11H2/t15-,16-,18-,19-,22+,23+/m0/s1. The van der Waals surface area contributed by atoms with Gasteiger partial charge in [-0.1, -0.05) is 35.4 Å². The van der Waals surface area contributed by atoms with Crippen LogP contribution in [0.5, 0.6) is 0 Å². The second-order valence-corrected chi connectivity index (χ2v) is 10.7. The maximum atomic E-state index is 13.7. The van der Waals surface area contributed by atoms with Gasteiger partial charge in [0.05, 0.1) is 21.8 Å². The minimum absolute atomic E-state index is 0.0139. The third-order valence-corrected chi connectivity index (χ3v) is 8.51. The van der Waals surface area contributed by atoms with Crippen molar-refractivity contribution in [3.63, 3.8) is 0 Å². The van der Waals surface area contributed by atoms with Gasteiger partial charge in [0.25, 0.3) is 23.4 Å². The minimum Gasteiger partial charge on any atom is -0.292 e. The van der Waals surface area contributed by atoms with Crippen molar-refractivity contribution in [1.29, 1.82) is 0 Å². The number of halogens is 2. The fraction of sp³-hybridized carbons (Fsp3) is 0.308. The lowest BCUT2D eigenvalue weighted by atomic mass is 9.63. The van der Waals surface area contributed by atoms with Crippen molar-refractivity contribution in [2.24, 2.45) is 35.5 Å². The van der Waals surface area contributed by atoms with Gasteiger partial charge >= 0.3 is 0 Å². The summed E-state index contributed by atoms with van der Waals surface area (Å²) in [6.07, 6.45) is 5.00. The second kappa shape index (κ2) is 8.49. The molecule has 7 rings (SSSR count). The molecule has 188 valence electrons. The van der Waals surface area contributed by atoms with Crippen molar-refractivity contribution in [2.45, 2.75) is 6.42 Å². The summed E-state index contributed by atoms with van der Waals surface area (Å²) in [6, 6.07) is 9.02. The SMILES string of the molecule is O=C(CN(C(=O)c1ccc([N+](=O)[O-])cc1)N1C(=O)[C@@H]2[C@H]3C=C[C@@H]([C@@H]4C[C@@H]34)[C@H]2C1=O)c1ccc(Cl)cc1Cl. The third-order valence-electron chi connectivity index (χ3n) is 7.97. The molecular weight excluding hydrogens is 521 g/mol. The predicted molar refractivity (Wildman–Crippen MR) is 131 cm³/mol. The van der Waals surface area contributed by atoms with Crippen molar-refractivity contribution in [3.8, 4) is 0 Å². The number of carbonyl (C=O) groups excluding carboxylic acids is 4. The monoisotopic (exact) mass is 539 g/mol. The van der Waals surface area contributed by atoms with E-state index in [-0.39, 0.29) is 33.7 Å². The number of nitro groups is 1. The molecule has 0 spiro atoms. The quantitative estimate of drug-likeness (QED) is 0.178. The average molecular weight is 540 g/mol. The van der Waals surface area contributed by atoms with Crippen LogP contribution in [0.4, 0.5) is 5.69 Å². The number of amides is 3. The average Bonchev–Trinajstić information content (AvgIpc) is 3.65. The zero-order chi connectivity index (χ0) is 26.2. The van der Waals surface area contributed by atoms with Gasteiger partial charge in [-0.25, -0.2) is 5.01 Å². The number of allylic oxidation sites excluding steroid dienone is 2. The van der Waals surface area contributed by atoms with E-state index < -0.39 is 46.8 Å². The van der Waals surface area contributed by atoms with Crippen LogP contribution in [-0.2, 0) is 9.59 Å². The summed E-state index contributed by atoms with van der Waals surface area (Å²) < 4.78 is 0. The highest BCUT2D eigenvalue weighted by molar-refractivity contribution is 6.37. The molecule has 1 saturated heterocycles.